The van der Waals surface area contributed by atoms with Crippen molar-refractivity contribution in [2.75, 3.05) is 19.8 Å². The van der Waals surface area contributed by atoms with Crippen LogP contribution < -0.4 is 10.1 Å². The molecule has 0 bridgehead atoms. The van der Waals surface area contributed by atoms with Crippen molar-refractivity contribution in [1.29, 1.82) is 0 Å². The van der Waals surface area contributed by atoms with Gasteiger partial charge in [0.05, 0.1) is 6.42 Å². The molecule has 0 atom stereocenters. The van der Waals surface area contributed by atoms with Crippen LogP contribution >= 0.6 is 0 Å². The molecule has 0 saturated carbocycles. The monoisotopic (exact) mass is 381 g/mol. The second kappa shape index (κ2) is 9.50. The van der Waals surface area contributed by atoms with E-state index in [0.29, 0.717) is 0 Å². The van der Waals surface area contributed by atoms with E-state index in [2.05, 4.69) is 5.32 Å². The summed E-state index contributed by atoms with van der Waals surface area (Å²) in [6.07, 6.45) is 0.172. The van der Waals surface area contributed by atoms with Crippen LogP contribution in [0.15, 0.2) is 66.7 Å². The Balaban J connectivity index is 1.39. The van der Waals surface area contributed by atoms with Crippen molar-refractivity contribution in [1.82, 2.24) is 5.32 Å². The Labute approximate surface area is 162 Å². The number of ether oxygens (including phenoxy) is 2. The van der Waals surface area contributed by atoms with Crippen LogP contribution in [0, 0.1) is 5.82 Å². The number of fused-ring (bicyclic) bond motifs is 1. The van der Waals surface area contributed by atoms with Crippen molar-refractivity contribution < 1.29 is 23.5 Å². The van der Waals surface area contributed by atoms with Crippen LogP contribution in [0.3, 0.4) is 0 Å². The van der Waals surface area contributed by atoms with E-state index in [-0.39, 0.29) is 37.8 Å². The highest BCUT2D eigenvalue weighted by Gasteiger charge is 2.10. The first-order valence-electron chi connectivity index (χ1n) is 8.90. The van der Waals surface area contributed by atoms with E-state index < -0.39 is 11.8 Å². The predicted molar refractivity (Wildman–Crippen MR) is 104 cm³/mol. The maximum atomic E-state index is 13.4. The van der Waals surface area contributed by atoms with Crippen molar-refractivity contribution in [2.45, 2.75) is 6.42 Å². The van der Waals surface area contributed by atoms with Crippen molar-refractivity contribution in [3.05, 3.63) is 78.1 Å². The first-order valence-corrected chi connectivity index (χ1v) is 8.90. The standard InChI is InChI=1S/C22H20FNO4/c23-19-10-3-4-11-20(19)27-12-13-28-22(26)15-24-21(25)14-17-8-5-7-16-6-1-2-9-18(16)17/h1-11H,12-15H2,(H,24,25). The van der Waals surface area contributed by atoms with Crippen LogP contribution in [0.2, 0.25) is 0 Å². The van der Waals surface area contributed by atoms with E-state index in [9.17, 15) is 14.0 Å². The van der Waals surface area contributed by atoms with Gasteiger partial charge in [-0.1, -0.05) is 54.6 Å². The van der Waals surface area contributed by atoms with Gasteiger partial charge in [0, 0.05) is 0 Å². The third-order valence-electron chi connectivity index (χ3n) is 4.10. The van der Waals surface area contributed by atoms with E-state index in [4.69, 9.17) is 9.47 Å². The molecule has 1 amide bonds. The van der Waals surface area contributed by atoms with Gasteiger partial charge in [0.1, 0.15) is 19.8 Å². The molecular formula is C22H20FNO4. The molecule has 0 aromatic heterocycles. The lowest BCUT2D eigenvalue weighted by Crippen LogP contribution is -2.32. The fourth-order valence-corrected chi connectivity index (χ4v) is 2.77. The molecule has 28 heavy (non-hydrogen) atoms. The minimum absolute atomic E-state index is 0.0244. The number of amides is 1. The van der Waals surface area contributed by atoms with Gasteiger partial charge in [-0.15, -0.1) is 0 Å². The molecular weight excluding hydrogens is 361 g/mol. The number of esters is 1. The Morgan fingerprint density at radius 2 is 1.64 bits per heavy atom. The largest absolute Gasteiger partial charge is 0.487 e. The van der Waals surface area contributed by atoms with Gasteiger partial charge >= 0.3 is 5.97 Å². The zero-order chi connectivity index (χ0) is 19.8. The molecule has 0 aliphatic heterocycles. The lowest BCUT2D eigenvalue weighted by atomic mass is 10.0. The maximum absolute atomic E-state index is 13.4. The quantitative estimate of drug-likeness (QED) is 0.481. The number of rotatable bonds is 8. The van der Waals surface area contributed by atoms with Gasteiger partial charge in [0.2, 0.25) is 5.91 Å². The number of carbonyl (C=O) groups excluding carboxylic acids is 2. The summed E-state index contributed by atoms with van der Waals surface area (Å²) in [5.41, 5.74) is 0.891. The summed E-state index contributed by atoms with van der Waals surface area (Å²) in [4.78, 5) is 23.9. The average molecular weight is 381 g/mol. The lowest BCUT2D eigenvalue weighted by molar-refractivity contribution is -0.144. The van der Waals surface area contributed by atoms with E-state index in [1.54, 1.807) is 12.1 Å². The summed E-state index contributed by atoms with van der Waals surface area (Å²) in [5, 5.41) is 4.61. The van der Waals surface area contributed by atoms with Crippen LogP contribution in [0.25, 0.3) is 10.8 Å². The number of nitrogens with one attached hydrogen (secondary N) is 1. The summed E-state index contributed by atoms with van der Waals surface area (Å²) in [5.74, 6) is -1.23. The second-order valence-corrected chi connectivity index (χ2v) is 6.09. The Morgan fingerprint density at radius 3 is 2.50 bits per heavy atom. The van der Waals surface area contributed by atoms with E-state index in [0.717, 1.165) is 16.3 Å². The van der Waals surface area contributed by atoms with Gasteiger partial charge in [-0.05, 0) is 28.5 Å². The highest BCUT2D eigenvalue weighted by Crippen LogP contribution is 2.18. The molecule has 1 N–H and O–H groups in total. The Kier molecular flexibility index (Phi) is 6.57. The third-order valence-corrected chi connectivity index (χ3v) is 4.10. The van der Waals surface area contributed by atoms with E-state index in [1.807, 2.05) is 42.5 Å². The molecule has 0 fully saturated rings. The molecule has 0 unspecified atom stereocenters. The second-order valence-electron chi connectivity index (χ2n) is 6.09. The van der Waals surface area contributed by atoms with Gasteiger partial charge < -0.3 is 14.8 Å². The Morgan fingerprint density at radius 1 is 0.893 bits per heavy atom. The molecule has 0 aliphatic carbocycles. The summed E-state index contributed by atoms with van der Waals surface area (Å²) in [6, 6.07) is 19.6. The first kappa shape index (κ1) is 19.4. The molecule has 0 saturated heterocycles. The smallest absolute Gasteiger partial charge is 0.325 e. The number of hydrogen-bond acceptors (Lipinski definition) is 4. The highest BCUT2D eigenvalue weighted by molar-refractivity contribution is 5.91. The van der Waals surface area contributed by atoms with Crippen LogP contribution in [-0.2, 0) is 20.7 Å². The van der Waals surface area contributed by atoms with Crippen molar-refractivity contribution in [2.24, 2.45) is 0 Å². The summed E-state index contributed by atoms with van der Waals surface area (Å²) in [7, 11) is 0. The predicted octanol–water partition coefficient (Wildman–Crippen LogP) is 3.26. The summed E-state index contributed by atoms with van der Waals surface area (Å²) >= 11 is 0. The zero-order valence-electron chi connectivity index (χ0n) is 15.2. The fraction of sp³-hybridized carbons (Fsp3) is 0.182. The highest BCUT2D eigenvalue weighted by atomic mass is 19.1. The Hall–Kier alpha value is -3.41. The molecule has 3 rings (SSSR count). The summed E-state index contributed by atoms with van der Waals surface area (Å²) < 4.78 is 23.5. The molecule has 0 radical (unpaired) electrons. The third kappa shape index (κ3) is 5.30. The van der Waals surface area contributed by atoms with Gasteiger partial charge in [-0.25, -0.2) is 4.39 Å². The first-order chi connectivity index (χ1) is 13.6. The van der Waals surface area contributed by atoms with Crippen LogP contribution in [-0.4, -0.2) is 31.6 Å². The molecule has 0 aliphatic rings. The molecule has 3 aromatic rings. The van der Waals surface area contributed by atoms with E-state index in [1.165, 1.54) is 12.1 Å². The van der Waals surface area contributed by atoms with Gasteiger partial charge in [0.25, 0.3) is 0 Å². The molecule has 5 nitrogen and oxygen atoms in total. The van der Waals surface area contributed by atoms with Crippen molar-refractivity contribution in [3.63, 3.8) is 0 Å². The molecule has 144 valence electrons. The van der Waals surface area contributed by atoms with Gasteiger partial charge in [-0.3, -0.25) is 9.59 Å². The van der Waals surface area contributed by atoms with Gasteiger partial charge in [-0.2, -0.15) is 0 Å². The zero-order valence-corrected chi connectivity index (χ0v) is 15.2. The van der Waals surface area contributed by atoms with Crippen molar-refractivity contribution >= 4 is 22.6 Å². The normalized spacial score (nSPS) is 10.5. The minimum Gasteiger partial charge on any atom is -0.487 e. The van der Waals surface area contributed by atoms with Crippen molar-refractivity contribution in [3.8, 4) is 5.75 Å². The lowest BCUT2D eigenvalue weighted by Gasteiger charge is -2.09. The van der Waals surface area contributed by atoms with E-state index >= 15 is 0 Å². The Bertz CT molecular complexity index is 968. The van der Waals surface area contributed by atoms with Crippen LogP contribution in [0.1, 0.15) is 5.56 Å². The summed E-state index contributed by atoms with van der Waals surface area (Å²) in [6.45, 7) is -0.244. The molecule has 3 aromatic carbocycles. The number of carbonyl (C=O) groups is 2. The maximum Gasteiger partial charge on any atom is 0.325 e. The van der Waals surface area contributed by atoms with Gasteiger partial charge in [0.15, 0.2) is 11.6 Å². The number of hydrogen-bond donors (Lipinski definition) is 1. The average Bonchev–Trinajstić information content (AvgIpc) is 2.71. The molecule has 6 heteroatoms. The number of benzene rings is 3. The number of para-hydroxylation sites is 1. The molecule has 0 spiro atoms. The fourth-order valence-electron chi connectivity index (χ4n) is 2.77. The minimum atomic E-state index is -0.580. The molecule has 0 heterocycles. The topological polar surface area (TPSA) is 64.6 Å². The number of halogens is 1. The van der Waals surface area contributed by atoms with Crippen LogP contribution in [0.5, 0.6) is 5.75 Å². The van der Waals surface area contributed by atoms with Crippen LogP contribution in [0.4, 0.5) is 4.39 Å². The SMILES string of the molecule is O=C(Cc1cccc2ccccc12)NCC(=O)OCCOc1ccccc1F.